The minimum absolute atomic E-state index is 0.00667. The van der Waals surface area contributed by atoms with Crippen LogP contribution in [0.3, 0.4) is 0 Å². The van der Waals surface area contributed by atoms with Crippen molar-refractivity contribution in [3.63, 3.8) is 0 Å². The molecule has 1 aromatic carbocycles. The van der Waals surface area contributed by atoms with Crippen molar-refractivity contribution in [3.8, 4) is 0 Å². The Kier molecular flexibility index (Phi) is 4.66. The molecule has 1 atom stereocenters. The van der Waals surface area contributed by atoms with Crippen LogP contribution < -0.4 is 5.32 Å². The van der Waals surface area contributed by atoms with Crippen LogP contribution in [-0.4, -0.2) is 37.8 Å². The van der Waals surface area contributed by atoms with Gasteiger partial charge in [-0.15, -0.1) is 0 Å². The third kappa shape index (κ3) is 2.87. The Bertz CT molecular complexity index is 389. The zero-order valence-electron chi connectivity index (χ0n) is 10.8. The van der Waals surface area contributed by atoms with Crippen molar-refractivity contribution in [2.24, 2.45) is 0 Å². The van der Waals surface area contributed by atoms with Gasteiger partial charge in [0.2, 0.25) is 0 Å². The molecular weight excluding hydrogens is 234 g/mol. The van der Waals surface area contributed by atoms with Crippen LogP contribution in [-0.2, 0) is 0 Å². The van der Waals surface area contributed by atoms with Crippen LogP contribution in [0.25, 0.3) is 0 Å². The Labute approximate surface area is 107 Å². The summed E-state index contributed by atoms with van der Waals surface area (Å²) in [7, 11) is 0. The van der Waals surface area contributed by atoms with E-state index in [9.17, 15) is 8.78 Å². The molecule has 1 N–H and O–H groups in total. The lowest BCUT2D eigenvalue weighted by Gasteiger charge is -2.35. The highest BCUT2D eigenvalue weighted by atomic mass is 19.1. The van der Waals surface area contributed by atoms with Gasteiger partial charge in [-0.3, -0.25) is 9.29 Å². The van der Waals surface area contributed by atoms with E-state index in [2.05, 4.69) is 10.2 Å². The minimum Gasteiger partial charge on any atom is -0.314 e. The van der Waals surface area contributed by atoms with Crippen molar-refractivity contribution >= 4 is 0 Å². The van der Waals surface area contributed by atoms with Crippen LogP contribution in [0, 0.1) is 12.7 Å². The highest BCUT2D eigenvalue weighted by molar-refractivity contribution is 5.30. The lowest BCUT2D eigenvalue weighted by Crippen LogP contribution is -2.45. The quantitative estimate of drug-likeness (QED) is 0.888. The van der Waals surface area contributed by atoms with E-state index in [4.69, 9.17) is 0 Å². The van der Waals surface area contributed by atoms with Crippen molar-refractivity contribution in [1.82, 2.24) is 10.2 Å². The molecule has 18 heavy (non-hydrogen) atoms. The first-order valence-electron chi connectivity index (χ1n) is 6.49. The van der Waals surface area contributed by atoms with E-state index < -0.39 is 0 Å². The smallest absolute Gasteiger partial charge is 0.126 e. The normalized spacial score (nSPS) is 18.8. The molecule has 1 aromatic rings. The van der Waals surface area contributed by atoms with E-state index in [0.717, 1.165) is 31.7 Å². The average Bonchev–Trinajstić information content (AvgIpc) is 2.41. The Morgan fingerprint density at radius 1 is 1.33 bits per heavy atom. The monoisotopic (exact) mass is 254 g/mol. The van der Waals surface area contributed by atoms with Gasteiger partial charge in [-0.1, -0.05) is 12.1 Å². The van der Waals surface area contributed by atoms with Crippen molar-refractivity contribution in [1.29, 1.82) is 0 Å². The van der Waals surface area contributed by atoms with E-state index in [1.54, 1.807) is 13.0 Å². The van der Waals surface area contributed by atoms with Gasteiger partial charge in [0.15, 0.2) is 0 Å². The number of hydrogen-bond donors (Lipinski definition) is 1. The molecule has 0 radical (unpaired) electrons. The third-order valence-corrected chi connectivity index (χ3v) is 3.64. The number of nitrogens with one attached hydrogen (secondary N) is 1. The van der Waals surface area contributed by atoms with Gasteiger partial charge in [0.25, 0.3) is 0 Å². The molecule has 0 unspecified atom stereocenters. The summed E-state index contributed by atoms with van der Waals surface area (Å²) >= 11 is 0. The van der Waals surface area contributed by atoms with Crippen LogP contribution in [0.2, 0.25) is 0 Å². The average molecular weight is 254 g/mol. The van der Waals surface area contributed by atoms with Gasteiger partial charge in [-0.25, -0.2) is 4.39 Å². The van der Waals surface area contributed by atoms with Crippen LogP contribution in [0.15, 0.2) is 18.2 Å². The number of rotatable bonds is 4. The molecule has 0 aromatic heterocycles. The SMILES string of the molecule is Cc1c(F)cccc1[C@@H](CCF)N1CCNCC1. The third-order valence-electron chi connectivity index (χ3n) is 3.64. The summed E-state index contributed by atoms with van der Waals surface area (Å²) in [4.78, 5) is 2.25. The van der Waals surface area contributed by atoms with Crippen molar-refractivity contribution in [2.75, 3.05) is 32.9 Å². The molecule has 1 saturated heterocycles. The van der Waals surface area contributed by atoms with Gasteiger partial charge < -0.3 is 5.32 Å². The number of nitrogens with zero attached hydrogens (tertiary/aromatic N) is 1. The minimum atomic E-state index is -0.370. The van der Waals surface area contributed by atoms with E-state index in [1.807, 2.05) is 6.07 Å². The topological polar surface area (TPSA) is 15.3 Å². The first-order valence-corrected chi connectivity index (χ1v) is 6.49. The summed E-state index contributed by atoms with van der Waals surface area (Å²) in [5.41, 5.74) is 1.57. The molecular formula is C14H20F2N2. The molecule has 100 valence electrons. The Hall–Kier alpha value is -1.00. The number of halogens is 2. The van der Waals surface area contributed by atoms with Gasteiger partial charge in [-0.2, -0.15) is 0 Å². The van der Waals surface area contributed by atoms with Crippen LogP contribution in [0.4, 0.5) is 8.78 Å². The molecule has 0 amide bonds. The molecule has 1 heterocycles. The number of piperazine rings is 1. The second-order valence-electron chi connectivity index (χ2n) is 4.73. The molecule has 4 heteroatoms. The molecule has 1 aliphatic rings. The Morgan fingerprint density at radius 2 is 2.06 bits per heavy atom. The summed E-state index contributed by atoms with van der Waals surface area (Å²) < 4.78 is 26.4. The van der Waals surface area contributed by atoms with E-state index in [-0.39, 0.29) is 18.5 Å². The highest BCUT2D eigenvalue weighted by Gasteiger charge is 2.23. The van der Waals surface area contributed by atoms with Gasteiger partial charge in [0.1, 0.15) is 5.82 Å². The van der Waals surface area contributed by atoms with E-state index >= 15 is 0 Å². The molecule has 0 saturated carbocycles. The number of alkyl halides is 1. The fourth-order valence-corrected chi connectivity index (χ4v) is 2.62. The summed E-state index contributed by atoms with van der Waals surface area (Å²) in [6.07, 6.45) is 0.435. The summed E-state index contributed by atoms with van der Waals surface area (Å²) in [6.45, 7) is 5.01. The van der Waals surface area contributed by atoms with Crippen LogP contribution in [0.5, 0.6) is 0 Å². The molecule has 2 nitrogen and oxygen atoms in total. The molecule has 1 aliphatic heterocycles. The summed E-state index contributed by atoms with van der Waals surface area (Å²) in [5, 5.41) is 3.28. The highest BCUT2D eigenvalue weighted by Crippen LogP contribution is 2.28. The zero-order chi connectivity index (χ0) is 13.0. The van der Waals surface area contributed by atoms with Crippen molar-refractivity contribution in [2.45, 2.75) is 19.4 Å². The van der Waals surface area contributed by atoms with Gasteiger partial charge in [0, 0.05) is 32.2 Å². The fourth-order valence-electron chi connectivity index (χ4n) is 2.62. The fraction of sp³-hybridized carbons (Fsp3) is 0.571. The second kappa shape index (κ2) is 6.25. The summed E-state index contributed by atoms with van der Waals surface area (Å²) in [5.74, 6) is -0.202. The molecule has 0 bridgehead atoms. The molecule has 0 spiro atoms. The number of hydrogen-bond acceptors (Lipinski definition) is 2. The van der Waals surface area contributed by atoms with Crippen molar-refractivity contribution in [3.05, 3.63) is 35.1 Å². The maximum absolute atomic E-state index is 13.6. The van der Waals surface area contributed by atoms with Gasteiger partial charge in [0.05, 0.1) is 6.67 Å². The number of benzene rings is 1. The second-order valence-corrected chi connectivity index (χ2v) is 4.73. The zero-order valence-corrected chi connectivity index (χ0v) is 10.8. The van der Waals surface area contributed by atoms with Crippen LogP contribution >= 0.6 is 0 Å². The standard InChI is InChI=1S/C14H20F2N2/c1-11-12(3-2-4-13(11)16)14(5-6-15)18-9-7-17-8-10-18/h2-4,14,17H,5-10H2,1H3/t14-/m1/s1. The predicted octanol–water partition coefficient (Wildman–Crippen LogP) is 2.44. The first kappa shape index (κ1) is 13.4. The predicted molar refractivity (Wildman–Crippen MR) is 68.9 cm³/mol. The molecule has 1 fully saturated rings. The van der Waals surface area contributed by atoms with E-state index in [0.29, 0.717) is 12.0 Å². The lowest BCUT2D eigenvalue weighted by atomic mass is 9.97. The van der Waals surface area contributed by atoms with Crippen molar-refractivity contribution < 1.29 is 8.78 Å². The van der Waals surface area contributed by atoms with E-state index in [1.165, 1.54) is 6.07 Å². The maximum atomic E-state index is 13.6. The summed E-state index contributed by atoms with van der Waals surface area (Å²) in [6, 6.07) is 5.09. The Balaban J connectivity index is 2.25. The molecule has 2 rings (SSSR count). The lowest BCUT2D eigenvalue weighted by molar-refractivity contribution is 0.156. The largest absolute Gasteiger partial charge is 0.314 e. The van der Waals surface area contributed by atoms with Gasteiger partial charge >= 0.3 is 0 Å². The van der Waals surface area contributed by atoms with Crippen LogP contribution in [0.1, 0.15) is 23.6 Å². The Morgan fingerprint density at radius 3 is 2.72 bits per heavy atom. The molecule has 0 aliphatic carbocycles. The first-order chi connectivity index (χ1) is 8.74. The van der Waals surface area contributed by atoms with Gasteiger partial charge in [-0.05, 0) is 30.5 Å². The maximum Gasteiger partial charge on any atom is 0.126 e.